The number of hydrogen-bond donors (Lipinski definition) is 2. The van der Waals surface area contributed by atoms with Gasteiger partial charge in [0, 0.05) is 23.6 Å². The smallest absolute Gasteiger partial charge is 0.255 e. The molecule has 0 atom stereocenters. The fourth-order valence-electron chi connectivity index (χ4n) is 5.10. The Bertz CT molecular complexity index is 1750. The predicted octanol–water partition coefficient (Wildman–Crippen LogP) is 6.29. The monoisotopic (exact) mass is 523 g/mol. The number of halogens is 1. The molecule has 2 aromatic heterocycles. The topological polar surface area (TPSA) is 97.4 Å². The minimum atomic E-state index is -0.492. The highest BCUT2D eigenvalue weighted by Gasteiger charge is 2.49. The highest BCUT2D eigenvalue weighted by Crippen LogP contribution is 2.46. The van der Waals surface area contributed by atoms with Gasteiger partial charge in [0.15, 0.2) is 6.39 Å². The summed E-state index contributed by atoms with van der Waals surface area (Å²) in [6.07, 6.45) is 3.02. The van der Waals surface area contributed by atoms with E-state index in [0.717, 1.165) is 35.2 Å². The molecule has 0 radical (unpaired) electrons. The Morgan fingerprint density at radius 1 is 0.949 bits per heavy atom. The quantitative estimate of drug-likeness (QED) is 0.273. The Kier molecular flexibility index (Phi) is 5.83. The van der Waals surface area contributed by atoms with Crippen molar-refractivity contribution in [3.05, 3.63) is 101 Å². The first-order chi connectivity index (χ1) is 18.8. The van der Waals surface area contributed by atoms with Gasteiger partial charge >= 0.3 is 0 Å². The van der Waals surface area contributed by atoms with E-state index in [1.54, 1.807) is 25.2 Å². The van der Waals surface area contributed by atoms with Crippen LogP contribution >= 0.6 is 0 Å². The van der Waals surface area contributed by atoms with Crippen molar-refractivity contribution in [1.29, 1.82) is 0 Å². The molecule has 39 heavy (non-hydrogen) atoms. The maximum atomic E-state index is 13.5. The van der Waals surface area contributed by atoms with Crippen molar-refractivity contribution in [2.75, 3.05) is 7.05 Å². The lowest BCUT2D eigenvalue weighted by Gasteiger charge is -2.17. The van der Waals surface area contributed by atoms with E-state index in [4.69, 9.17) is 8.83 Å². The molecule has 0 aliphatic heterocycles. The van der Waals surface area contributed by atoms with E-state index in [0.29, 0.717) is 39.2 Å². The van der Waals surface area contributed by atoms with Gasteiger partial charge < -0.3 is 19.5 Å². The van der Waals surface area contributed by atoms with Crippen molar-refractivity contribution >= 4 is 22.8 Å². The normalized spacial score (nSPS) is 13.8. The molecule has 196 valence electrons. The van der Waals surface area contributed by atoms with Crippen LogP contribution in [0.25, 0.3) is 33.4 Å². The zero-order valence-corrected chi connectivity index (χ0v) is 21.7. The second-order valence-corrected chi connectivity index (χ2v) is 9.93. The van der Waals surface area contributed by atoms with Gasteiger partial charge in [-0.15, -0.1) is 0 Å². The molecular formula is C31H26FN3O4. The Labute approximate surface area is 224 Å². The van der Waals surface area contributed by atoms with E-state index < -0.39 is 5.54 Å². The summed E-state index contributed by atoms with van der Waals surface area (Å²) in [5.41, 5.74) is 4.96. The number of nitrogens with zero attached hydrogens (tertiary/aromatic N) is 1. The van der Waals surface area contributed by atoms with Crippen molar-refractivity contribution in [3.63, 3.8) is 0 Å². The second kappa shape index (κ2) is 9.23. The number of nitrogens with one attached hydrogen (secondary N) is 2. The fraction of sp³-hybridized carbons (Fsp3) is 0.194. The zero-order valence-electron chi connectivity index (χ0n) is 21.7. The van der Waals surface area contributed by atoms with Crippen molar-refractivity contribution in [3.8, 4) is 22.5 Å². The maximum Gasteiger partial charge on any atom is 0.255 e. The Morgan fingerprint density at radius 3 is 2.36 bits per heavy atom. The molecule has 7 nitrogen and oxygen atoms in total. The molecule has 0 bridgehead atoms. The van der Waals surface area contributed by atoms with Crippen molar-refractivity contribution in [2.24, 2.45) is 0 Å². The molecule has 1 saturated carbocycles. The lowest BCUT2D eigenvalue weighted by atomic mass is 9.95. The van der Waals surface area contributed by atoms with Crippen LogP contribution in [0.4, 0.5) is 4.39 Å². The molecule has 2 heterocycles. The second-order valence-electron chi connectivity index (χ2n) is 9.93. The zero-order chi connectivity index (χ0) is 27.3. The van der Waals surface area contributed by atoms with Crippen LogP contribution in [-0.4, -0.2) is 23.8 Å². The molecule has 0 spiro atoms. The Hall–Kier alpha value is -4.72. The summed E-state index contributed by atoms with van der Waals surface area (Å²) in [4.78, 5) is 30.6. The number of furan rings is 1. The molecule has 6 rings (SSSR count). The van der Waals surface area contributed by atoms with Crippen LogP contribution in [0.3, 0.4) is 0 Å². The summed E-state index contributed by atoms with van der Waals surface area (Å²) < 4.78 is 25.0. The number of benzene rings is 3. The summed E-state index contributed by atoms with van der Waals surface area (Å²) in [6, 6.07) is 17.0. The van der Waals surface area contributed by atoms with Crippen LogP contribution < -0.4 is 10.6 Å². The SMILES string of the molecule is CNC(=O)c1c(-c2ccc(F)cc2)oc2ccc(-c3cc(C(=O)NC4(c5ncoc5C)CC4)ccc3C)cc12. The van der Waals surface area contributed by atoms with Gasteiger partial charge in [-0.25, -0.2) is 9.37 Å². The minimum absolute atomic E-state index is 0.190. The van der Waals surface area contributed by atoms with Crippen molar-refractivity contribution in [2.45, 2.75) is 32.2 Å². The van der Waals surface area contributed by atoms with Gasteiger partial charge in [-0.05, 0) is 91.9 Å². The third-order valence-corrected chi connectivity index (χ3v) is 7.36. The lowest BCUT2D eigenvalue weighted by molar-refractivity contribution is 0.0927. The minimum Gasteiger partial charge on any atom is -0.455 e. The number of hydrogen-bond acceptors (Lipinski definition) is 5. The van der Waals surface area contributed by atoms with Crippen LogP contribution in [0, 0.1) is 19.7 Å². The van der Waals surface area contributed by atoms with Gasteiger partial charge in [0.2, 0.25) is 0 Å². The van der Waals surface area contributed by atoms with Gasteiger partial charge in [-0.1, -0.05) is 12.1 Å². The van der Waals surface area contributed by atoms with Crippen molar-refractivity contribution < 1.29 is 22.8 Å². The average molecular weight is 524 g/mol. The highest BCUT2D eigenvalue weighted by atomic mass is 19.1. The van der Waals surface area contributed by atoms with Gasteiger partial charge in [0.05, 0.1) is 11.1 Å². The van der Waals surface area contributed by atoms with Crippen LogP contribution in [0.5, 0.6) is 0 Å². The van der Waals surface area contributed by atoms with Gasteiger partial charge in [0.25, 0.3) is 11.8 Å². The molecule has 0 saturated heterocycles. The predicted molar refractivity (Wildman–Crippen MR) is 145 cm³/mol. The molecule has 1 aliphatic rings. The number of oxazole rings is 1. The number of amides is 2. The number of fused-ring (bicyclic) bond motifs is 1. The molecule has 2 N–H and O–H groups in total. The molecule has 8 heteroatoms. The van der Waals surface area contributed by atoms with Gasteiger partial charge in [-0.3, -0.25) is 9.59 Å². The molecule has 0 unspecified atom stereocenters. The average Bonchev–Trinajstić information content (AvgIpc) is 3.40. The van der Waals surface area contributed by atoms with Crippen molar-refractivity contribution in [1.82, 2.24) is 15.6 Å². The largest absolute Gasteiger partial charge is 0.455 e. The first-order valence-corrected chi connectivity index (χ1v) is 12.7. The number of carbonyl (C=O) groups excluding carboxylic acids is 2. The fourth-order valence-corrected chi connectivity index (χ4v) is 5.10. The number of aryl methyl sites for hydroxylation is 2. The van der Waals surface area contributed by atoms with Crippen LogP contribution in [0.1, 0.15) is 50.6 Å². The van der Waals surface area contributed by atoms with Gasteiger partial charge in [0.1, 0.15) is 28.6 Å². The lowest BCUT2D eigenvalue weighted by Crippen LogP contribution is -2.35. The highest BCUT2D eigenvalue weighted by molar-refractivity contribution is 6.12. The summed E-state index contributed by atoms with van der Waals surface area (Å²) in [5.74, 6) is 0.196. The van der Waals surface area contributed by atoms with Crippen LogP contribution in [0.15, 0.2) is 75.9 Å². The molecule has 2 amide bonds. The summed E-state index contributed by atoms with van der Waals surface area (Å²) in [7, 11) is 1.55. The third-order valence-electron chi connectivity index (χ3n) is 7.36. The number of rotatable bonds is 6. The van der Waals surface area contributed by atoms with E-state index in [9.17, 15) is 14.0 Å². The molecule has 1 aliphatic carbocycles. The van der Waals surface area contributed by atoms with Gasteiger partial charge in [-0.2, -0.15) is 0 Å². The summed E-state index contributed by atoms with van der Waals surface area (Å²) in [5, 5.41) is 6.46. The van der Waals surface area contributed by atoms with Crippen LogP contribution in [-0.2, 0) is 5.54 Å². The van der Waals surface area contributed by atoms with E-state index in [1.807, 2.05) is 44.2 Å². The molecule has 5 aromatic rings. The standard InChI is InChI=1S/C31H26FN3O4/c1-17-4-5-21(29(36)35-31(12-13-31)28-18(2)38-16-34-28)15-23(17)20-8-11-25-24(14-20)26(30(37)33-3)27(39-25)19-6-9-22(32)10-7-19/h4-11,14-16H,12-13H2,1-3H3,(H,33,37)(H,35,36). The Balaban J connectivity index is 1.39. The molecular weight excluding hydrogens is 497 g/mol. The summed E-state index contributed by atoms with van der Waals surface area (Å²) in [6.45, 7) is 3.82. The first-order valence-electron chi connectivity index (χ1n) is 12.7. The maximum absolute atomic E-state index is 13.5. The third kappa shape index (κ3) is 4.27. The molecule has 1 fully saturated rings. The Morgan fingerprint density at radius 2 is 1.69 bits per heavy atom. The van der Waals surface area contributed by atoms with E-state index in [1.165, 1.54) is 18.5 Å². The van der Waals surface area contributed by atoms with Crippen LogP contribution in [0.2, 0.25) is 0 Å². The number of carbonyl (C=O) groups is 2. The number of aromatic nitrogens is 1. The van der Waals surface area contributed by atoms with E-state index in [2.05, 4.69) is 15.6 Å². The summed E-state index contributed by atoms with van der Waals surface area (Å²) >= 11 is 0. The molecule has 3 aromatic carbocycles. The first kappa shape index (κ1) is 24.6. The van der Waals surface area contributed by atoms with E-state index >= 15 is 0 Å². The van der Waals surface area contributed by atoms with E-state index in [-0.39, 0.29) is 17.6 Å².